The number of rotatable bonds is 8. The lowest BCUT2D eigenvalue weighted by atomic mass is 10.2. The van der Waals surface area contributed by atoms with E-state index in [2.05, 4.69) is 20.3 Å². The Morgan fingerprint density at radius 1 is 0.943 bits per heavy atom. The molecule has 5 aromatic rings. The van der Waals surface area contributed by atoms with Gasteiger partial charge in [0.05, 0.1) is 25.5 Å². The van der Waals surface area contributed by atoms with Crippen molar-refractivity contribution in [1.82, 2.24) is 24.9 Å². The van der Waals surface area contributed by atoms with Crippen LogP contribution in [-0.2, 0) is 5.75 Å². The molecule has 0 saturated carbocycles. The molecule has 0 aliphatic carbocycles. The normalized spacial score (nSPS) is 10.9. The molecule has 0 amide bonds. The van der Waals surface area contributed by atoms with E-state index < -0.39 is 0 Å². The monoisotopic (exact) mass is 489 g/mol. The van der Waals surface area contributed by atoms with Crippen LogP contribution in [0.4, 0.5) is 4.39 Å². The van der Waals surface area contributed by atoms with Gasteiger partial charge in [-0.1, -0.05) is 47.3 Å². The van der Waals surface area contributed by atoms with Gasteiger partial charge in [-0.05, 0) is 36.4 Å². The fourth-order valence-electron chi connectivity index (χ4n) is 3.49. The highest BCUT2D eigenvalue weighted by molar-refractivity contribution is 7.98. The van der Waals surface area contributed by atoms with E-state index >= 15 is 0 Å². The van der Waals surface area contributed by atoms with Crippen molar-refractivity contribution in [2.24, 2.45) is 0 Å². The van der Waals surface area contributed by atoms with Gasteiger partial charge in [-0.2, -0.15) is 4.98 Å². The van der Waals surface area contributed by atoms with Gasteiger partial charge < -0.3 is 14.0 Å². The number of thioether (sulfide) groups is 1. The van der Waals surface area contributed by atoms with Crippen molar-refractivity contribution < 1.29 is 18.4 Å². The van der Waals surface area contributed by atoms with E-state index in [-0.39, 0.29) is 5.82 Å². The van der Waals surface area contributed by atoms with Crippen LogP contribution in [-0.4, -0.2) is 39.1 Å². The van der Waals surface area contributed by atoms with Crippen LogP contribution in [0.25, 0.3) is 28.5 Å². The third-order valence-electron chi connectivity index (χ3n) is 5.19. The van der Waals surface area contributed by atoms with Crippen LogP contribution in [0, 0.1) is 5.82 Å². The van der Waals surface area contributed by atoms with Gasteiger partial charge in [0.1, 0.15) is 17.3 Å². The molecule has 0 aliphatic heterocycles. The molecule has 2 aromatic heterocycles. The Morgan fingerprint density at radius 3 is 2.49 bits per heavy atom. The lowest BCUT2D eigenvalue weighted by molar-refractivity contribution is 0.388. The van der Waals surface area contributed by atoms with Crippen LogP contribution in [0.2, 0.25) is 0 Å². The Morgan fingerprint density at radius 2 is 1.74 bits per heavy atom. The predicted octanol–water partition coefficient (Wildman–Crippen LogP) is 5.43. The maximum absolute atomic E-state index is 13.6. The molecule has 8 nitrogen and oxygen atoms in total. The summed E-state index contributed by atoms with van der Waals surface area (Å²) in [5, 5.41) is 13.5. The number of benzene rings is 3. The van der Waals surface area contributed by atoms with Crippen LogP contribution in [0.1, 0.15) is 5.89 Å². The molecule has 0 aliphatic rings. The van der Waals surface area contributed by atoms with Gasteiger partial charge in [0.25, 0.3) is 0 Å². The van der Waals surface area contributed by atoms with E-state index in [1.54, 1.807) is 38.5 Å². The van der Waals surface area contributed by atoms with Gasteiger partial charge in [0, 0.05) is 17.3 Å². The minimum atomic E-state index is -0.315. The molecular weight excluding hydrogens is 469 g/mol. The zero-order valence-corrected chi connectivity index (χ0v) is 19.7. The summed E-state index contributed by atoms with van der Waals surface area (Å²) in [4.78, 5) is 4.51. The van der Waals surface area contributed by atoms with Crippen molar-refractivity contribution >= 4 is 11.8 Å². The van der Waals surface area contributed by atoms with E-state index in [0.717, 1.165) is 11.3 Å². The molecule has 0 bridgehead atoms. The molecule has 0 saturated heterocycles. The molecule has 0 unspecified atom stereocenters. The van der Waals surface area contributed by atoms with E-state index in [1.165, 1.54) is 23.9 Å². The van der Waals surface area contributed by atoms with Crippen LogP contribution in [0.15, 0.2) is 82.5 Å². The zero-order valence-electron chi connectivity index (χ0n) is 18.9. The van der Waals surface area contributed by atoms with Crippen molar-refractivity contribution in [3.8, 4) is 40.0 Å². The number of ether oxygens (including phenoxy) is 2. The largest absolute Gasteiger partial charge is 0.497 e. The Bertz CT molecular complexity index is 1440. The van der Waals surface area contributed by atoms with E-state index in [0.29, 0.717) is 45.5 Å². The highest BCUT2D eigenvalue weighted by atomic mass is 32.2. The van der Waals surface area contributed by atoms with Crippen molar-refractivity contribution in [2.45, 2.75) is 10.9 Å². The van der Waals surface area contributed by atoms with Crippen LogP contribution in [0.5, 0.6) is 11.5 Å². The molecule has 5 rings (SSSR count). The molecule has 10 heteroatoms. The van der Waals surface area contributed by atoms with Crippen LogP contribution < -0.4 is 9.47 Å². The fourth-order valence-corrected chi connectivity index (χ4v) is 4.28. The first kappa shape index (κ1) is 22.6. The summed E-state index contributed by atoms with van der Waals surface area (Å²) in [6, 6.07) is 21.3. The Hall–Kier alpha value is -4.18. The van der Waals surface area contributed by atoms with Gasteiger partial charge in [0.15, 0.2) is 11.0 Å². The molecule has 0 radical (unpaired) electrons. The van der Waals surface area contributed by atoms with E-state index in [4.69, 9.17) is 14.0 Å². The Kier molecular flexibility index (Phi) is 6.44. The number of nitrogens with zero attached hydrogens (tertiary/aromatic N) is 5. The molecule has 35 heavy (non-hydrogen) atoms. The maximum Gasteiger partial charge on any atom is 0.237 e. The van der Waals surface area contributed by atoms with Gasteiger partial charge in [-0.15, -0.1) is 10.2 Å². The Balaban J connectivity index is 1.43. The molecule has 0 N–H and O–H groups in total. The smallest absolute Gasteiger partial charge is 0.237 e. The first-order valence-electron chi connectivity index (χ1n) is 10.6. The van der Waals surface area contributed by atoms with Gasteiger partial charge in [-0.25, -0.2) is 4.39 Å². The van der Waals surface area contributed by atoms with Crippen LogP contribution in [0.3, 0.4) is 0 Å². The summed E-state index contributed by atoms with van der Waals surface area (Å²) in [7, 11) is 3.16. The molecule has 3 aromatic carbocycles. The lowest BCUT2D eigenvalue weighted by Gasteiger charge is -2.10. The zero-order chi connectivity index (χ0) is 24.2. The number of halogens is 1. The van der Waals surface area contributed by atoms with E-state index in [9.17, 15) is 4.39 Å². The third kappa shape index (κ3) is 4.73. The number of aromatic nitrogens is 5. The molecule has 0 fully saturated rings. The molecule has 176 valence electrons. The first-order valence-corrected chi connectivity index (χ1v) is 11.6. The fraction of sp³-hybridized carbons (Fsp3) is 0.120. The summed E-state index contributed by atoms with van der Waals surface area (Å²) in [5.41, 5.74) is 2.32. The number of methoxy groups -OCH3 is 2. The summed E-state index contributed by atoms with van der Waals surface area (Å²) in [6.45, 7) is 0. The average molecular weight is 490 g/mol. The summed E-state index contributed by atoms with van der Waals surface area (Å²) in [5.74, 6) is 2.76. The number of hydrogen-bond donors (Lipinski definition) is 0. The average Bonchev–Trinajstić information content (AvgIpc) is 3.55. The standard InChI is InChI=1S/C25H20FN5O3S/c1-32-19-12-13-20(21(14-19)33-2)23-27-22(34-30-23)15-35-25-29-28-24(16-6-4-3-5-7-16)31(25)18-10-8-17(26)9-11-18/h3-14H,15H2,1-2H3. The molecule has 2 heterocycles. The molecular formula is C25H20FN5O3S. The predicted molar refractivity (Wildman–Crippen MR) is 129 cm³/mol. The van der Waals surface area contributed by atoms with Gasteiger partial charge in [0.2, 0.25) is 11.7 Å². The van der Waals surface area contributed by atoms with Crippen molar-refractivity contribution in [1.29, 1.82) is 0 Å². The molecule has 0 atom stereocenters. The lowest BCUT2D eigenvalue weighted by Crippen LogP contribution is -2.00. The highest BCUT2D eigenvalue weighted by Crippen LogP contribution is 2.33. The van der Waals surface area contributed by atoms with Gasteiger partial charge in [-0.3, -0.25) is 4.57 Å². The topological polar surface area (TPSA) is 88.1 Å². The second-order valence-electron chi connectivity index (χ2n) is 7.35. The maximum atomic E-state index is 13.6. The van der Waals surface area contributed by atoms with Crippen molar-refractivity contribution in [2.75, 3.05) is 14.2 Å². The highest BCUT2D eigenvalue weighted by Gasteiger charge is 2.19. The SMILES string of the molecule is COc1ccc(-c2noc(CSc3nnc(-c4ccccc4)n3-c3ccc(F)cc3)n2)c(OC)c1. The molecule has 0 spiro atoms. The minimum Gasteiger partial charge on any atom is -0.497 e. The van der Waals surface area contributed by atoms with Crippen LogP contribution >= 0.6 is 11.8 Å². The second-order valence-corrected chi connectivity index (χ2v) is 8.29. The minimum absolute atomic E-state index is 0.315. The summed E-state index contributed by atoms with van der Waals surface area (Å²) in [6.07, 6.45) is 0. The van der Waals surface area contributed by atoms with Gasteiger partial charge >= 0.3 is 0 Å². The summed E-state index contributed by atoms with van der Waals surface area (Å²) >= 11 is 1.39. The van der Waals surface area contributed by atoms with Crippen molar-refractivity contribution in [3.05, 3.63) is 84.5 Å². The second kappa shape index (κ2) is 9.98. The summed E-state index contributed by atoms with van der Waals surface area (Å²) < 4.78 is 31.6. The third-order valence-corrected chi connectivity index (χ3v) is 6.11. The quantitative estimate of drug-likeness (QED) is 0.267. The Labute approximate surface area is 204 Å². The first-order chi connectivity index (χ1) is 17.2. The van der Waals surface area contributed by atoms with Crippen molar-refractivity contribution in [3.63, 3.8) is 0 Å². The number of hydrogen-bond acceptors (Lipinski definition) is 8. The van der Waals surface area contributed by atoms with E-state index in [1.807, 2.05) is 41.0 Å².